The molecule has 0 atom stereocenters. The Balaban J connectivity index is 2.20. The van der Waals surface area contributed by atoms with E-state index in [0.29, 0.717) is 23.6 Å². The zero-order chi connectivity index (χ0) is 13.2. The Hall–Kier alpha value is -0.770. The number of hydrogen-bond donors (Lipinski definition) is 1. The fourth-order valence-electron chi connectivity index (χ4n) is 2.54. The van der Waals surface area contributed by atoms with Crippen LogP contribution in [0.15, 0.2) is 18.2 Å². The smallest absolute Gasteiger partial charge is 0.137 e. The van der Waals surface area contributed by atoms with E-state index in [-0.39, 0.29) is 6.10 Å². The van der Waals surface area contributed by atoms with Crippen LogP contribution in [0.25, 0.3) is 0 Å². The summed E-state index contributed by atoms with van der Waals surface area (Å²) in [4.78, 5) is 0. The highest BCUT2D eigenvalue weighted by Crippen LogP contribution is 2.40. The molecule has 1 aliphatic carbocycles. The van der Waals surface area contributed by atoms with Crippen molar-refractivity contribution in [1.82, 2.24) is 0 Å². The maximum absolute atomic E-state index is 10.7. The third-order valence-electron chi connectivity index (χ3n) is 3.78. The predicted octanol–water partition coefficient (Wildman–Crippen LogP) is 3.13. The lowest BCUT2D eigenvalue weighted by molar-refractivity contribution is -0.0475. The molecule has 1 aromatic rings. The van der Waals surface area contributed by atoms with Crippen molar-refractivity contribution in [1.29, 1.82) is 0 Å². The quantitative estimate of drug-likeness (QED) is 0.917. The molecule has 1 fully saturated rings. The standard InChI is InChI=1S/C14H19ClO3/c1-17-11-5-7-14(16,8-6-11)10-3-4-12(15)13(9-10)18-2/h3-4,9,11,16H,5-8H2,1-2H3. The SMILES string of the molecule is COc1cc(C2(O)CCC(OC)CC2)ccc1Cl. The first-order valence-electron chi connectivity index (χ1n) is 6.18. The van der Waals surface area contributed by atoms with Crippen molar-refractivity contribution < 1.29 is 14.6 Å². The third-order valence-corrected chi connectivity index (χ3v) is 4.09. The lowest BCUT2D eigenvalue weighted by Crippen LogP contribution is -2.34. The highest BCUT2D eigenvalue weighted by molar-refractivity contribution is 6.32. The number of rotatable bonds is 3. The minimum Gasteiger partial charge on any atom is -0.495 e. The van der Waals surface area contributed by atoms with Crippen LogP contribution in [0, 0.1) is 0 Å². The summed E-state index contributed by atoms with van der Waals surface area (Å²) in [6, 6.07) is 5.48. The van der Waals surface area contributed by atoms with E-state index in [9.17, 15) is 5.11 Å². The predicted molar refractivity (Wildman–Crippen MR) is 71.2 cm³/mol. The maximum atomic E-state index is 10.7. The van der Waals surface area contributed by atoms with Crippen molar-refractivity contribution in [3.05, 3.63) is 28.8 Å². The van der Waals surface area contributed by atoms with Gasteiger partial charge in [0, 0.05) is 7.11 Å². The second-order valence-corrected chi connectivity index (χ2v) is 5.22. The van der Waals surface area contributed by atoms with Crippen LogP contribution in [0.4, 0.5) is 0 Å². The zero-order valence-electron chi connectivity index (χ0n) is 10.8. The number of benzene rings is 1. The molecule has 0 heterocycles. The molecule has 4 heteroatoms. The van der Waals surface area contributed by atoms with Gasteiger partial charge in [0.15, 0.2) is 0 Å². The number of hydrogen-bond acceptors (Lipinski definition) is 3. The molecule has 18 heavy (non-hydrogen) atoms. The van der Waals surface area contributed by atoms with Crippen molar-refractivity contribution in [2.75, 3.05) is 14.2 Å². The number of halogens is 1. The molecule has 0 spiro atoms. The lowest BCUT2D eigenvalue weighted by Gasteiger charge is -2.36. The molecule has 0 aromatic heterocycles. The van der Waals surface area contributed by atoms with E-state index in [4.69, 9.17) is 21.1 Å². The summed E-state index contributed by atoms with van der Waals surface area (Å²) >= 11 is 6.00. The van der Waals surface area contributed by atoms with Gasteiger partial charge in [0.2, 0.25) is 0 Å². The van der Waals surface area contributed by atoms with E-state index < -0.39 is 5.60 Å². The van der Waals surface area contributed by atoms with E-state index in [2.05, 4.69) is 0 Å². The lowest BCUT2D eigenvalue weighted by atomic mass is 9.78. The Kier molecular flexibility index (Phi) is 4.15. The topological polar surface area (TPSA) is 38.7 Å². The van der Waals surface area contributed by atoms with Crippen molar-refractivity contribution in [2.24, 2.45) is 0 Å². The Morgan fingerprint density at radius 1 is 1.28 bits per heavy atom. The molecule has 1 saturated carbocycles. The zero-order valence-corrected chi connectivity index (χ0v) is 11.5. The molecule has 3 nitrogen and oxygen atoms in total. The molecule has 0 bridgehead atoms. The Morgan fingerprint density at radius 2 is 1.94 bits per heavy atom. The molecule has 1 N–H and O–H groups in total. The highest BCUT2D eigenvalue weighted by Gasteiger charge is 2.35. The second-order valence-electron chi connectivity index (χ2n) is 4.82. The van der Waals surface area contributed by atoms with Gasteiger partial charge in [-0.05, 0) is 43.4 Å². The maximum Gasteiger partial charge on any atom is 0.137 e. The van der Waals surface area contributed by atoms with E-state index in [1.54, 1.807) is 20.3 Å². The summed E-state index contributed by atoms with van der Waals surface area (Å²) in [5.74, 6) is 0.608. The van der Waals surface area contributed by atoms with Gasteiger partial charge in [-0.15, -0.1) is 0 Å². The van der Waals surface area contributed by atoms with Gasteiger partial charge in [0.1, 0.15) is 5.75 Å². The normalized spacial score (nSPS) is 28.1. The minimum absolute atomic E-state index is 0.263. The van der Waals surface area contributed by atoms with Crippen LogP contribution in [-0.4, -0.2) is 25.4 Å². The number of aliphatic hydroxyl groups is 1. The van der Waals surface area contributed by atoms with Gasteiger partial charge in [0.25, 0.3) is 0 Å². The molecule has 1 aromatic carbocycles. The van der Waals surface area contributed by atoms with Crippen molar-refractivity contribution in [3.63, 3.8) is 0 Å². The Labute approximate surface area is 113 Å². The molecule has 0 radical (unpaired) electrons. The van der Waals surface area contributed by atoms with Crippen LogP contribution >= 0.6 is 11.6 Å². The van der Waals surface area contributed by atoms with E-state index in [1.165, 1.54) is 0 Å². The van der Waals surface area contributed by atoms with Gasteiger partial charge in [-0.2, -0.15) is 0 Å². The second kappa shape index (κ2) is 5.47. The first kappa shape index (κ1) is 13.7. The van der Waals surface area contributed by atoms with Crippen molar-refractivity contribution >= 4 is 11.6 Å². The van der Waals surface area contributed by atoms with Crippen LogP contribution in [0.1, 0.15) is 31.2 Å². The fraction of sp³-hybridized carbons (Fsp3) is 0.571. The summed E-state index contributed by atoms with van der Waals surface area (Å²) < 4.78 is 10.5. The van der Waals surface area contributed by atoms with Crippen molar-refractivity contribution in [3.8, 4) is 5.75 Å². The Morgan fingerprint density at radius 3 is 2.50 bits per heavy atom. The van der Waals surface area contributed by atoms with E-state index in [0.717, 1.165) is 18.4 Å². The first-order valence-corrected chi connectivity index (χ1v) is 6.56. The molecule has 0 unspecified atom stereocenters. The summed E-state index contributed by atoms with van der Waals surface area (Å²) in [6.45, 7) is 0. The Bertz CT molecular complexity index is 412. The van der Waals surface area contributed by atoms with Crippen LogP contribution in [0.2, 0.25) is 5.02 Å². The fourth-order valence-corrected chi connectivity index (χ4v) is 2.74. The molecule has 0 aliphatic heterocycles. The average molecular weight is 271 g/mol. The monoisotopic (exact) mass is 270 g/mol. The highest BCUT2D eigenvalue weighted by atomic mass is 35.5. The number of methoxy groups -OCH3 is 2. The van der Waals surface area contributed by atoms with Gasteiger partial charge in [-0.3, -0.25) is 0 Å². The molecule has 100 valence electrons. The first-order chi connectivity index (χ1) is 8.59. The summed E-state index contributed by atoms with van der Waals surface area (Å²) in [6.07, 6.45) is 3.42. The van der Waals surface area contributed by atoms with E-state index >= 15 is 0 Å². The molecular formula is C14H19ClO3. The van der Waals surface area contributed by atoms with Crippen LogP contribution < -0.4 is 4.74 Å². The summed E-state index contributed by atoms with van der Waals surface area (Å²) in [7, 11) is 3.30. The molecule has 1 aliphatic rings. The molecular weight excluding hydrogens is 252 g/mol. The minimum atomic E-state index is -0.785. The van der Waals surface area contributed by atoms with Crippen LogP contribution in [-0.2, 0) is 10.3 Å². The number of ether oxygens (including phenoxy) is 2. The molecule has 0 amide bonds. The van der Waals surface area contributed by atoms with Gasteiger partial charge in [-0.1, -0.05) is 17.7 Å². The molecule has 2 rings (SSSR count). The largest absolute Gasteiger partial charge is 0.495 e. The summed E-state index contributed by atoms with van der Waals surface area (Å²) in [5, 5.41) is 11.3. The van der Waals surface area contributed by atoms with Gasteiger partial charge >= 0.3 is 0 Å². The molecule has 0 saturated heterocycles. The van der Waals surface area contributed by atoms with Gasteiger partial charge in [0.05, 0.1) is 23.8 Å². The van der Waals surface area contributed by atoms with E-state index in [1.807, 2.05) is 12.1 Å². The van der Waals surface area contributed by atoms with Crippen LogP contribution in [0.3, 0.4) is 0 Å². The summed E-state index contributed by atoms with van der Waals surface area (Å²) in [5.41, 5.74) is 0.0886. The van der Waals surface area contributed by atoms with Gasteiger partial charge in [-0.25, -0.2) is 0 Å². The van der Waals surface area contributed by atoms with Crippen LogP contribution in [0.5, 0.6) is 5.75 Å². The van der Waals surface area contributed by atoms with Gasteiger partial charge < -0.3 is 14.6 Å². The average Bonchev–Trinajstić information content (AvgIpc) is 2.40. The third kappa shape index (κ3) is 2.63. The van der Waals surface area contributed by atoms with Crippen molar-refractivity contribution in [2.45, 2.75) is 37.4 Å².